The average molecular weight is 154 g/mol. The van der Waals surface area contributed by atoms with Gasteiger partial charge in [0.2, 0.25) is 0 Å². The second-order valence-electron chi connectivity index (χ2n) is 2.82. The van der Waals surface area contributed by atoms with Gasteiger partial charge in [0.1, 0.15) is 0 Å². The normalized spacial score (nSPS) is 5.91. The van der Waals surface area contributed by atoms with Gasteiger partial charge < -0.3 is 0 Å². The molecule has 0 aromatic carbocycles. The summed E-state index contributed by atoms with van der Waals surface area (Å²) in [6.45, 7) is 20.2. The summed E-state index contributed by atoms with van der Waals surface area (Å²) in [6, 6.07) is 0. The molecule has 0 aliphatic carbocycles. The van der Waals surface area contributed by atoms with Gasteiger partial charge in [0.25, 0.3) is 0 Å². The first-order valence-corrected chi connectivity index (χ1v) is 3.69. The molecule has 0 aliphatic heterocycles. The van der Waals surface area contributed by atoms with E-state index in [1.165, 1.54) is 11.1 Å². The highest BCUT2D eigenvalue weighted by atomic mass is 13.6. The van der Waals surface area contributed by atoms with E-state index >= 15 is 0 Å². The van der Waals surface area contributed by atoms with E-state index in [0.29, 0.717) is 0 Å². The Morgan fingerprint density at radius 2 is 0.909 bits per heavy atom. The first kappa shape index (κ1) is 16.7. The molecular weight excluding hydrogens is 132 g/mol. The Kier molecular flexibility index (Phi) is 24.4. The van der Waals surface area contributed by atoms with Crippen molar-refractivity contribution in [3.8, 4) is 0 Å². The molecule has 11 heavy (non-hydrogen) atoms. The largest absolute Gasteiger partial charge is 0.103 e. The van der Waals surface area contributed by atoms with Crippen LogP contribution in [0, 0.1) is 0 Å². The van der Waals surface area contributed by atoms with Gasteiger partial charge in [-0.3, -0.25) is 0 Å². The lowest BCUT2D eigenvalue weighted by atomic mass is 10.4. The lowest BCUT2D eigenvalue weighted by Gasteiger charge is -1.65. The summed E-state index contributed by atoms with van der Waals surface area (Å²) >= 11 is 0. The summed E-state index contributed by atoms with van der Waals surface area (Å²) in [6.07, 6.45) is 1.75. The molecule has 0 saturated carbocycles. The third kappa shape index (κ3) is 790. The molecule has 0 unspecified atom stereocenters. The Bertz CT molecular complexity index is 87.2. The molecule has 0 aromatic heterocycles. The van der Waals surface area contributed by atoms with Crippen LogP contribution in [0.4, 0.5) is 0 Å². The van der Waals surface area contributed by atoms with Gasteiger partial charge in [-0.1, -0.05) is 17.2 Å². The fourth-order valence-electron chi connectivity index (χ4n) is 0. The van der Waals surface area contributed by atoms with Crippen molar-refractivity contribution < 1.29 is 0 Å². The van der Waals surface area contributed by atoms with Gasteiger partial charge >= 0.3 is 0 Å². The molecule has 66 valence electrons. The maximum absolute atomic E-state index is 3.56. The zero-order valence-corrected chi connectivity index (χ0v) is 8.70. The van der Waals surface area contributed by atoms with Crippen molar-refractivity contribution in [3.05, 3.63) is 37.0 Å². The highest BCUT2D eigenvalue weighted by Gasteiger charge is 1.52. The van der Waals surface area contributed by atoms with Crippen molar-refractivity contribution in [3.63, 3.8) is 0 Å². The molecule has 0 radical (unpaired) electrons. The van der Waals surface area contributed by atoms with Crippen molar-refractivity contribution >= 4 is 0 Å². The lowest BCUT2D eigenvalue weighted by Crippen LogP contribution is -1.43. The molecule has 0 nitrogen and oxygen atoms in total. The Labute approximate surface area is 72.3 Å². The van der Waals surface area contributed by atoms with E-state index in [9.17, 15) is 0 Å². The van der Waals surface area contributed by atoms with Gasteiger partial charge in [-0.2, -0.15) is 0 Å². The highest BCUT2D eigenvalue weighted by molar-refractivity contribution is 4.79. The van der Waals surface area contributed by atoms with Crippen LogP contribution in [0.15, 0.2) is 37.0 Å². The zero-order chi connectivity index (χ0) is 9.86. The summed E-state index contributed by atoms with van der Waals surface area (Å²) in [5.41, 5.74) is 2.33. The summed E-state index contributed by atoms with van der Waals surface area (Å²) in [5, 5.41) is 0. The molecule has 0 aliphatic rings. The van der Waals surface area contributed by atoms with E-state index < -0.39 is 0 Å². The molecule has 0 fully saturated rings. The lowest BCUT2D eigenvalue weighted by molar-refractivity contribution is 1.42. The maximum Gasteiger partial charge on any atom is -0.0445 e. The van der Waals surface area contributed by atoms with Gasteiger partial charge in [0, 0.05) is 0 Å². The van der Waals surface area contributed by atoms with Crippen LogP contribution in [-0.2, 0) is 0 Å². The van der Waals surface area contributed by atoms with Crippen LogP contribution in [0.5, 0.6) is 0 Å². The van der Waals surface area contributed by atoms with E-state index in [-0.39, 0.29) is 0 Å². The summed E-state index contributed by atoms with van der Waals surface area (Å²) < 4.78 is 0. The quantitative estimate of drug-likeness (QED) is 0.455. The van der Waals surface area contributed by atoms with Crippen molar-refractivity contribution in [1.29, 1.82) is 0 Å². The highest BCUT2D eigenvalue weighted by Crippen LogP contribution is 1.74. The van der Waals surface area contributed by atoms with Gasteiger partial charge in [-0.15, -0.1) is 19.7 Å². The van der Waals surface area contributed by atoms with Crippen LogP contribution >= 0.6 is 0 Å². The Hall–Kier alpha value is -0.780. The van der Waals surface area contributed by atoms with E-state index in [0.717, 1.165) is 0 Å². The molecule has 0 heteroatoms. The smallest absolute Gasteiger partial charge is 0.0445 e. The van der Waals surface area contributed by atoms with Crippen LogP contribution in [0.1, 0.15) is 34.6 Å². The van der Waals surface area contributed by atoms with E-state index in [1.54, 1.807) is 6.08 Å². The summed E-state index contributed by atoms with van der Waals surface area (Å²) in [7, 11) is 0. The standard InChI is InChI=1S/2C4H8.C3H6/c2*1-4(2)3;1-3-2/h2*1H2,2-3H3;3H,1H2,2H3. The molecule has 0 N–H and O–H groups in total. The predicted octanol–water partition coefficient (Wildman–Crippen LogP) is 4.36. The minimum atomic E-state index is 1.17. The second-order valence-corrected chi connectivity index (χ2v) is 2.82. The Balaban J connectivity index is -0.0000000886. The average Bonchev–Trinajstić information content (AvgIpc) is 1.60. The number of hydrogen-bond donors (Lipinski definition) is 0. The first-order chi connectivity index (χ1) is 4.88. The van der Waals surface area contributed by atoms with Crippen molar-refractivity contribution in [2.24, 2.45) is 0 Å². The molecule has 0 aromatic rings. The van der Waals surface area contributed by atoms with Crippen molar-refractivity contribution in [1.82, 2.24) is 0 Å². The molecule has 0 heterocycles. The van der Waals surface area contributed by atoms with Crippen LogP contribution in [-0.4, -0.2) is 0 Å². The molecule has 0 amide bonds. The van der Waals surface area contributed by atoms with E-state index in [1.807, 2.05) is 34.6 Å². The third-order valence-electron chi connectivity index (χ3n) is 0. The van der Waals surface area contributed by atoms with E-state index in [4.69, 9.17) is 0 Å². The fraction of sp³-hybridized carbons (Fsp3) is 0.455. The zero-order valence-electron chi connectivity index (χ0n) is 8.70. The summed E-state index contributed by atoms with van der Waals surface area (Å²) in [4.78, 5) is 0. The molecule has 0 bridgehead atoms. The van der Waals surface area contributed by atoms with Crippen molar-refractivity contribution in [2.45, 2.75) is 34.6 Å². The SMILES string of the molecule is C=C(C)C.C=C(C)C.C=CC. The molecular formula is C11H22. The van der Waals surface area contributed by atoms with Gasteiger partial charge in [-0.25, -0.2) is 0 Å². The Morgan fingerprint density at radius 1 is 0.909 bits per heavy atom. The third-order valence-corrected chi connectivity index (χ3v) is 0. The number of rotatable bonds is 0. The molecule has 0 spiro atoms. The molecule has 0 saturated heterocycles. The Morgan fingerprint density at radius 3 is 0.909 bits per heavy atom. The molecule has 0 atom stereocenters. The maximum atomic E-state index is 3.56. The number of hydrogen-bond acceptors (Lipinski definition) is 0. The van der Waals surface area contributed by atoms with Crippen LogP contribution in [0.25, 0.3) is 0 Å². The fourth-order valence-corrected chi connectivity index (χ4v) is 0. The number of allylic oxidation sites excluding steroid dienone is 3. The van der Waals surface area contributed by atoms with Crippen LogP contribution in [0.3, 0.4) is 0 Å². The van der Waals surface area contributed by atoms with Crippen molar-refractivity contribution in [2.75, 3.05) is 0 Å². The van der Waals surface area contributed by atoms with Gasteiger partial charge in [-0.05, 0) is 34.6 Å². The van der Waals surface area contributed by atoms with Gasteiger partial charge in [0.05, 0.1) is 0 Å². The minimum absolute atomic E-state index is 1.17. The summed E-state index contributed by atoms with van der Waals surface area (Å²) in [5.74, 6) is 0. The van der Waals surface area contributed by atoms with Crippen LogP contribution in [0.2, 0.25) is 0 Å². The van der Waals surface area contributed by atoms with Gasteiger partial charge in [0.15, 0.2) is 0 Å². The molecule has 0 rings (SSSR count). The van der Waals surface area contributed by atoms with E-state index in [2.05, 4.69) is 19.7 Å². The monoisotopic (exact) mass is 154 g/mol. The first-order valence-electron chi connectivity index (χ1n) is 3.69. The topological polar surface area (TPSA) is 0 Å². The predicted molar refractivity (Wildman–Crippen MR) is 56.8 cm³/mol. The second kappa shape index (κ2) is 16.1. The minimum Gasteiger partial charge on any atom is -0.103 e. The van der Waals surface area contributed by atoms with Crippen LogP contribution < -0.4 is 0 Å².